The van der Waals surface area contributed by atoms with Gasteiger partial charge < -0.3 is 14.8 Å². The third kappa shape index (κ3) is 3.16. The van der Waals surface area contributed by atoms with Crippen LogP contribution in [0.2, 0.25) is 5.02 Å². The Morgan fingerprint density at radius 3 is 2.77 bits per heavy atom. The minimum absolute atomic E-state index is 0.142. The Balaban J connectivity index is 1.76. The van der Waals surface area contributed by atoms with Gasteiger partial charge in [0.1, 0.15) is 18.1 Å². The van der Waals surface area contributed by atoms with Crippen LogP contribution in [0.4, 0.5) is 0 Å². The van der Waals surface area contributed by atoms with Crippen LogP contribution in [0.5, 0.6) is 11.5 Å². The molecule has 26 heavy (non-hydrogen) atoms. The Bertz CT molecular complexity index is 919. The topological polar surface area (TPSA) is 67.9 Å². The van der Waals surface area contributed by atoms with E-state index in [0.29, 0.717) is 49.4 Å². The number of hydrogen-bond acceptors (Lipinski definition) is 5. The van der Waals surface area contributed by atoms with Crippen LogP contribution >= 0.6 is 11.6 Å². The highest BCUT2D eigenvalue weighted by atomic mass is 35.5. The quantitative estimate of drug-likeness (QED) is 0.866. The largest absolute Gasteiger partial charge is 0.486 e. The highest BCUT2D eigenvalue weighted by molar-refractivity contribution is 7.89. The van der Waals surface area contributed by atoms with Crippen molar-refractivity contribution in [3.05, 3.63) is 53.1 Å². The van der Waals surface area contributed by atoms with Crippen LogP contribution in [-0.2, 0) is 10.0 Å². The molecule has 8 heteroatoms. The number of nitrogens with one attached hydrogen (secondary N) is 1. The van der Waals surface area contributed by atoms with Crippen molar-refractivity contribution in [2.45, 2.75) is 10.9 Å². The van der Waals surface area contributed by atoms with Gasteiger partial charge in [0.15, 0.2) is 11.5 Å². The number of fused-ring (bicyclic) bond motifs is 1. The SMILES string of the molecule is O=S(=O)(c1cccc2c1OCCO2)N1CCNCC1c1cccc(Cl)c1. The number of para-hydroxylation sites is 1. The van der Waals surface area contributed by atoms with Gasteiger partial charge in [-0.3, -0.25) is 0 Å². The Kier molecular flexibility index (Phi) is 4.79. The molecule has 1 N–H and O–H groups in total. The molecule has 1 unspecified atom stereocenters. The van der Waals surface area contributed by atoms with Gasteiger partial charge in [-0.2, -0.15) is 4.31 Å². The molecule has 0 bridgehead atoms. The zero-order valence-electron chi connectivity index (χ0n) is 14.0. The normalized spacial score (nSPS) is 20.7. The number of rotatable bonds is 3. The first-order valence-electron chi connectivity index (χ1n) is 8.44. The molecule has 0 saturated carbocycles. The summed E-state index contributed by atoms with van der Waals surface area (Å²) in [7, 11) is -3.77. The van der Waals surface area contributed by atoms with Gasteiger partial charge in [0, 0.05) is 24.7 Å². The first-order chi connectivity index (χ1) is 12.6. The van der Waals surface area contributed by atoms with E-state index in [0.717, 1.165) is 5.56 Å². The Hall–Kier alpha value is -1.80. The standard InChI is InChI=1S/C18H19ClN2O4S/c19-14-4-1-3-13(11-14)15-12-20-7-8-21(15)26(22,23)17-6-2-5-16-18(17)25-10-9-24-16/h1-6,11,15,20H,7-10,12H2. The lowest BCUT2D eigenvalue weighted by molar-refractivity contribution is 0.166. The third-order valence-corrected chi connectivity index (χ3v) is 6.71. The second-order valence-electron chi connectivity index (χ2n) is 6.17. The summed E-state index contributed by atoms with van der Waals surface area (Å²) in [5.74, 6) is 0.758. The first kappa shape index (κ1) is 17.6. The van der Waals surface area contributed by atoms with Crippen molar-refractivity contribution in [3.8, 4) is 11.5 Å². The molecule has 2 aromatic rings. The molecule has 2 aliphatic rings. The van der Waals surface area contributed by atoms with Gasteiger partial charge >= 0.3 is 0 Å². The molecule has 2 aromatic carbocycles. The molecule has 4 rings (SSSR count). The van der Waals surface area contributed by atoms with Crippen LogP contribution in [0.15, 0.2) is 47.4 Å². The predicted octanol–water partition coefficient (Wildman–Crippen LogP) is 2.45. The lowest BCUT2D eigenvalue weighted by Gasteiger charge is -2.36. The number of ether oxygens (including phenoxy) is 2. The van der Waals surface area contributed by atoms with Crippen LogP contribution in [0.1, 0.15) is 11.6 Å². The maximum absolute atomic E-state index is 13.5. The molecule has 138 valence electrons. The van der Waals surface area contributed by atoms with Gasteiger partial charge in [0.05, 0.1) is 6.04 Å². The first-order valence-corrected chi connectivity index (χ1v) is 10.3. The summed E-state index contributed by atoms with van der Waals surface area (Å²) >= 11 is 6.11. The number of nitrogens with zero attached hydrogens (tertiary/aromatic N) is 1. The molecule has 0 spiro atoms. The van der Waals surface area contributed by atoms with E-state index < -0.39 is 10.0 Å². The van der Waals surface area contributed by atoms with Gasteiger partial charge in [-0.05, 0) is 29.8 Å². The molecule has 0 aromatic heterocycles. The van der Waals surface area contributed by atoms with Crippen LogP contribution in [0, 0.1) is 0 Å². The average molecular weight is 395 g/mol. The summed E-state index contributed by atoms with van der Waals surface area (Å²) in [6, 6.07) is 11.9. The van der Waals surface area contributed by atoms with Crippen LogP contribution < -0.4 is 14.8 Å². The van der Waals surface area contributed by atoms with E-state index >= 15 is 0 Å². The van der Waals surface area contributed by atoms with E-state index in [-0.39, 0.29) is 10.9 Å². The summed E-state index contributed by atoms with van der Waals surface area (Å²) in [5.41, 5.74) is 0.857. The van der Waals surface area contributed by atoms with Crippen LogP contribution in [0.25, 0.3) is 0 Å². The Labute approximate surface area is 157 Å². The third-order valence-electron chi connectivity index (χ3n) is 4.54. The summed E-state index contributed by atoms with van der Waals surface area (Å²) in [6.07, 6.45) is 0. The molecule has 2 heterocycles. The summed E-state index contributed by atoms with van der Waals surface area (Å²) in [6.45, 7) is 2.22. The molecule has 0 amide bonds. The molecule has 0 radical (unpaired) electrons. The number of piperazine rings is 1. The fourth-order valence-corrected chi connectivity index (χ4v) is 5.31. The van der Waals surface area contributed by atoms with E-state index in [4.69, 9.17) is 21.1 Å². The van der Waals surface area contributed by atoms with E-state index in [1.807, 2.05) is 18.2 Å². The van der Waals surface area contributed by atoms with Gasteiger partial charge in [0.25, 0.3) is 0 Å². The number of benzene rings is 2. The fraction of sp³-hybridized carbons (Fsp3) is 0.333. The van der Waals surface area contributed by atoms with Gasteiger partial charge in [-0.15, -0.1) is 0 Å². The van der Waals surface area contributed by atoms with Crippen LogP contribution in [0.3, 0.4) is 0 Å². The second kappa shape index (κ2) is 7.08. The highest BCUT2D eigenvalue weighted by Crippen LogP contribution is 2.40. The van der Waals surface area contributed by atoms with Crippen molar-refractivity contribution in [3.63, 3.8) is 0 Å². The van der Waals surface area contributed by atoms with Gasteiger partial charge in [0.2, 0.25) is 10.0 Å². The smallest absolute Gasteiger partial charge is 0.247 e. The van der Waals surface area contributed by atoms with E-state index in [1.165, 1.54) is 4.31 Å². The highest BCUT2D eigenvalue weighted by Gasteiger charge is 2.37. The summed E-state index contributed by atoms with van der Waals surface area (Å²) < 4.78 is 39.6. The van der Waals surface area contributed by atoms with E-state index in [2.05, 4.69) is 5.32 Å². The molecule has 1 atom stereocenters. The monoisotopic (exact) mass is 394 g/mol. The maximum Gasteiger partial charge on any atom is 0.247 e. The van der Waals surface area contributed by atoms with Crippen molar-refractivity contribution < 1.29 is 17.9 Å². The molecular formula is C18H19ClN2O4S. The number of hydrogen-bond donors (Lipinski definition) is 1. The number of sulfonamides is 1. The minimum Gasteiger partial charge on any atom is -0.486 e. The van der Waals surface area contributed by atoms with Crippen molar-refractivity contribution in [2.75, 3.05) is 32.8 Å². The van der Waals surface area contributed by atoms with Crippen molar-refractivity contribution in [1.82, 2.24) is 9.62 Å². The zero-order chi connectivity index (χ0) is 18.1. The molecule has 6 nitrogen and oxygen atoms in total. The van der Waals surface area contributed by atoms with Crippen LogP contribution in [-0.4, -0.2) is 45.6 Å². The van der Waals surface area contributed by atoms with Crippen molar-refractivity contribution >= 4 is 21.6 Å². The zero-order valence-corrected chi connectivity index (χ0v) is 15.6. The van der Waals surface area contributed by atoms with Crippen molar-refractivity contribution in [2.24, 2.45) is 0 Å². The molecule has 1 fully saturated rings. The molecule has 0 aliphatic carbocycles. The Morgan fingerprint density at radius 2 is 1.92 bits per heavy atom. The number of halogens is 1. The fourth-order valence-electron chi connectivity index (χ4n) is 3.35. The minimum atomic E-state index is -3.77. The maximum atomic E-state index is 13.5. The molecular weight excluding hydrogens is 376 g/mol. The van der Waals surface area contributed by atoms with Gasteiger partial charge in [-0.1, -0.05) is 29.8 Å². The lowest BCUT2D eigenvalue weighted by atomic mass is 10.1. The lowest BCUT2D eigenvalue weighted by Crippen LogP contribution is -2.48. The van der Waals surface area contributed by atoms with Crippen molar-refractivity contribution in [1.29, 1.82) is 0 Å². The van der Waals surface area contributed by atoms with Gasteiger partial charge in [-0.25, -0.2) is 8.42 Å². The predicted molar refractivity (Wildman–Crippen MR) is 98.4 cm³/mol. The van der Waals surface area contributed by atoms with E-state index in [9.17, 15) is 8.42 Å². The summed E-state index contributed by atoms with van der Waals surface area (Å²) in [4.78, 5) is 0.142. The summed E-state index contributed by atoms with van der Waals surface area (Å²) in [5, 5.41) is 3.85. The second-order valence-corrected chi connectivity index (χ2v) is 8.47. The molecule has 2 aliphatic heterocycles. The molecule has 1 saturated heterocycles. The Morgan fingerprint density at radius 1 is 1.12 bits per heavy atom. The average Bonchev–Trinajstić information content (AvgIpc) is 2.67. The van der Waals surface area contributed by atoms with E-state index in [1.54, 1.807) is 24.3 Å².